The molecule has 0 saturated carbocycles. The lowest BCUT2D eigenvalue weighted by Crippen LogP contribution is -2.32. The Morgan fingerprint density at radius 3 is 2.85 bits per heavy atom. The lowest BCUT2D eigenvalue weighted by atomic mass is 9.70. The summed E-state index contributed by atoms with van der Waals surface area (Å²) in [5.74, 6) is 2.40. The van der Waals surface area contributed by atoms with Crippen LogP contribution < -0.4 is 9.47 Å². The van der Waals surface area contributed by atoms with Gasteiger partial charge in [0.25, 0.3) is 0 Å². The van der Waals surface area contributed by atoms with E-state index in [0.717, 1.165) is 43.4 Å². The highest BCUT2D eigenvalue weighted by atomic mass is 16.5. The summed E-state index contributed by atoms with van der Waals surface area (Å²) < 4.78 is 13.7. The van der Waals surface area contributed by atoms with Crippen molar-refractivity contribution in [2.75, 3.05) is 7.11 Å². The highest BCUT2D eigenvalue weighted by molar-refractivity contribution is 5.50. The Morgan fingerprint density at radius 2 is 2.15 bits per heavy atom. The molecule has 1 aromatic heterocycles. The molecule has 2 aromatic rings. The molecule has 27 heavy (non-hydrogen) atoms. The number of ether oxygens (including phenoxy) is 2. The van der Waals surface area contributed by atoms with Crippen LogP contribution in [0.4, 0.5) is 0 Å². The van der Waals surface area contributed by atoms with Crippen molar-refractivity contribution in [1.29, 1.82) is 5.26 Å². The van der Waals surface area contributed by atoms with Crippen molar-refractivity contribution in [3.8, 4) is 17.6 Å². The number of hydrogen-bond donors (Lipinski definition) is 0. The zero-order valence-corrected chi connectivity index (χ0v) is 15.7. The third kappa shape index (κ3) is 3.04. The Hall–Kier alpha value is -2.93. The molecule has 4 heteroatoms. The van der Waals surface area contributed by atoms with Crippen LogP contribution >= 0.6 is 0 Å². The summed E-state index contributed by atoms with van der Waals surface area (Å²) >= 11 is 0. The van der Waals surface area contributed by atoms with Crippen LogP contribution in [0, 0.1) is 11.3 Å². The molecule has 0 N–H and O–H groups in total. The minimum Gasteiger partial charge on any atom is -0.493 e. The predicted molar refractivity (Wildman–Crippen MR) is 106 cm³/mol. The maximum atomic E-state index is 10.1. The number of aromatic nitrogens is 1. The quantitative estimate of drug-likeness (QED) is 0.754. The van der Waals surface area contributed by atoms with Crippen LogP contribution in [0.2, 0.25) is 0 Å². The Balaban J connectivity index is 1.70. The van der Waals surface area contributed by atoms with Crippen LogP contribution in [0.1, 0.15) is 42.5 Å². The van der Waals surface area contributed by atoms with Crippen molar-refractivity contribution in [2.24, 2.45) is 0 Å². The number of benzene rings is 1. The zero-order chi connectivity index (χ0) is 18.9. The molecule has 0 aliphatic heterocycles. The number of rotatable bonds is 5. The zero-order valence-electron chi connectivity index (χ0n) is 15.7. The van der Waals surface area contributed by atoms with E-state index in [2.05, 4.69) is 29.4 Å². The van der Waals surface area contributed by atoms with E-state index in [-0.39, 0.29) is 0 Å². The first-order valence-electron chi connectivity index (χ1n) is 9.47. The van der Waals surface area contributed by atoms with Crippen LogP contribution in [0.3, 0.4) is 0 Å². The Labute approximate surface area is 160 Å². The van der Waals surface area contributed by atoms with E-state index in [4.69, 9.17) is 9.47 Å². The predicted octanol–water partition coefficient (Wildman–Crippen LogP) is 4.99. The number of methoxy groups -OCH3 is 1. The molecule has 2 aliphatic rings. The van der Waals surface area contributed by atoms with E-state index >= 15 is 0 Å². The molecule has 0 fully saturated rings. The van der Waals surface area contributed by atoms with Crippen molar-refractivity contribution in [1.82, 2.24) is 4.57 Å². The summed E-state index contributed by atoms with van der Waals surface area (Å²) in [4.78, 5) is 0. The van der Waals surface area contributed by atoms with Gasteiger partial charge in [0, 0.05) is 24.5 Å². The van der Waals surface area contributed by atoms with Gasteiger partial charge in [0.05, 0.1) is 18.6 Å². The first-order valence-corrected chi connectivity index (χ1v) is 9.47. The summed E-state index contributed by atoms with van der Waals surface area (Å²) in [7, 11) is 1.65. The molecule has 138 valence electrons. The number of allylic oxidation sites excluding steroid dienone is 2. The van der Waals surface area contributed by atoms with Gasteiger partial charge in [-0.3, -0.25) is 0 Å². The second-order valence-corrected chi connectivity index (χ2v) is 7.28. The van der Waals surface area contributed by atoms with Gasteiger partial charge in [0.1, 0.15) is 5.76 Å². The lowest BCUT2D eigenvalue weighted by Gasteiger charge is -2.32. The van der Waals surface area contributed by atoms with E-state index in [1.807, 2.05) is 30.6 Å². The largest absolute Gasteiger partial charge is 0.493 e. The maximum Gasteiger partial charge on any atom is 0.169 e. The molecule has 1 heterocycles. The van der Waals surface area contributed by atoms with Crippen LogP contribution in [-0.4, -0.2) is 11.7 Å². The Morgan fingerprint density at radius 1 is 1.26 bits per heavy atom. The standard InChI is InChI=1S/C23H24N2O2/c1-3-25-13-11-17-15-23(16-24,12-10-20(17)25)18-8-9-21(26-2)22(14-18)27-19-6-4-5-7-19/h3,6,8-9,11,13-14H,1,4-5,7,10,12,15H2,2H3. The van der Waals surface area contributed by atoms with Crippen molar-refractivity contribution in [3.63, 3.8) is 0 Å². The number of nitrogens with zero attached hydrogens (tertiary/aromatic N) is 2. The third-order valence-corrected chi connectivity index (χ3v) is 5.77. The highest BCUT2D eigenvalue weighted by Gasteiger charge is 2.38. The minimum atomic E-state index is -0.547. The molecular formula is C23H24N2O2. The summed E-state index contributed by atoms with van der Waals surface area (Å²) in [5.41, 5.74) is 2.93. The summed E-state index contributed by atoms with van der Waals surface area (Å²) in [5, 5.41) is 10.1. The van der Waals surface area contributed by atoms with Crippen molar-refractivity contribution >= 4 is 6.20 Å². The molecule has 2 aliphatic carbocycles. The van der Waals surface area contributed by atoms with E-state index in [9.17, 15) is 5.26 Å². The van der Waals surface area contributed by atoms with Gasteiger partial charge in [-0.25, -0.2) is 0 Å². The maximum absolute atomic E-state index is 10.1. The average Bonchev–Trinajstić information content (AvgIpc) is 3.36. The van der Waals surface area contributed by atoms with Gasteiger partial charge in [-0.15, -0.1) is 0 Å². The van der Waals surface area contributed by atoms with Gasteiger partial charge in [0.15, 0.2) is 11.5 Å². The van der Waals surface area contributed by atoms with Gasteiger partial charge in [0.2, 0.25) is 0 Å². The monoisotopic (exact) mass is 360 g/mol. The van der Waals surface area contributed by atoms with Crippen LogP contribution in [0.25, 0.3) is 6.20 Å². The molecule has 1 aromatic carbocycles. The molecule has 4 rings (SSSR count). The molecule has 1 atom stereocenters. The van der Waals surface area contributed by atoms with Crippen molar-refractivity contribution in [3.05, 3.63) is 65.7 Å². The Kier molecular flexibility index (Phi) is 4.53. The molecule has 1 unspecified atom stereocenters. The molecule has 0 radical (unpaired) electrons. The molecule has 4 nitrogen and oxygen atoms in total. The fraction of sp³-hybridized carbons (Fsp3) is 0.348. The minimum absolute atomic E-state index is 0.547. The molecular weight excluding hydrogens is 336 g/mol. The van der Waals surface area contributed by atoms with Gasteiger partial charge >= 0.3 is 0 Å². The normalized spacial score (nSPS) is 21.1. The smallest absolute Gasteiger partial charge is 0.169 e. The van der Waals surface area contributed by atoms with Crippen LogP contribution in [-0.2, 0) is 18.3 Å². The summed E-state index contributed by atoms with van der Waals surface area (Å²) in [6.45, 7) is 3.87. The van der Waals surface area contributed by atoms with Gasteiger partial charge in [-0.2, -0.15) is 5.26 Å². The van der Waals surface area contributed by atoms with Crippen LogP contribution in [0.5, 0.6) is 11.5 Å². The Bertz CT molecular complexity index is 948. The molecule has 0 spiro atoms. The second kappa shape index (κ2) is 7.00. The lowest BCUT2D eigenvalue weighted by molar-refractivity contribution is 0.353. The van der Waals surface area contributed by atoms with E-state index in [1.54, 1.807) is 7.11 Å². The SMILES string of the molecule is C=Cn1ccc2c1CCC(C#N)(c1ccc(OC)c(OC3=CCCC3)c1)C2. The molecule has 0 saturated heterocycles. The van der Waals surface area contributed by atoms with E-state index in [1.165, 1.54) is 11.3 Å². The van der Waals surface area contributed by atoms with Crippen molar-refractivity contribution < 1.29 is 9.47 Å². The summed E-state index contributed by atoms with van der Waals surface area (Å²) in [6, 6.07) is 10.6. The van der Waals surface area contributed by atoms with Gasteiger partial charge in [-0.05, 0) is 67.5 Å². The fourth-order valence-electron chi connectivity index (χ4n) is 4.23. The molecule has 0 amide bonds. The van der Waals surface area contributed by atoms with Crippen LogP contribution in [0.15, 0.2) is 48.9 Å². The average molecular weight is 360 g/mol. The van der Waals surface area contributed by atoms with E-state index < -0.39 is 5.41 Å². The number of nitriles is 1. The first kappa shape index (κ1) is 17.5. The molecule has 0 bridgehead atoms. The van der Waals surface area contributed by atoms with Gasteiger partial charge in [-0.1, -0.05) is 12.6 Å². The van der Waals surface area contributed by atoms with E-state index in [0.29, 0.717) is 17.9 Å². The first-order chi connectivity index (χ1) is 13.2. The third-order valence-electron chi connectivity index (χ3n) is 5.77. The number of hydrogen-bond acceptors (Lipinski definition) is 3. The topological polar surface area (TPSA) is 47.2 Å². The summed E-state index contributed by atoms with van der Waals surface area (Å²) in [6.07, 6.45) is 11.5. The highest BCUT2D eigenvalue weighted by Crippen LogP contribution is 2.42. The van der Waals surface area contributed by atoms with Crippen molar-refractivity contribution in [2.45, 2.75) is 43.9 Å². The second-order valence-electron chi connectivity index (χ2n) is 7.28. The van der Waals surface area contributed by atoms with Gasteiger partial charge < -0.3 is 14.0 Å². The number of fused-ring (bicyclic) bond motifs is 1. The fourth-order valence-corrected chi connectivity index (χ4v) is 4.23.